The van der Waals surface area contributed by atoms with E-state index in [9.17, 15) is 19.2 Å². The molecule has 2 aliphatic carbocycles. The average Bonchev–Trinajstić information content (AvgIpc) is 4.01. The highest BCUT2D eigenvalue weighted by molar-refractivity contribution is 5.86. The molecule has 358 valence electrons. The van der Waals surface area contributed by atoms with Crippen molar-refractivity contribution in [2.24, 2.45) is 29.4 Å². The number of nitrogens with two attached hydrogens (primary N) is 1. The number of ketones is 1. The normalized spacial score (nSPS) is 21.2. The zero-order chi connectivity index (χ0) is 47.3. The van der Waals surface area contributed by atoms with Gasteiger partial charge in [0.25, 0.3) is 0 Å². The number of carboxylic acid groups (broad SMARTS) is 1. The van der Waals surface area contributed by atoms with Crippen LogP contribution < -0.4 is 11.1 Å². The molecule has 11 nitrogen and oxygen atoms in total. The summed E-state index contributed by atoms with van der Waals surface area (Å²) in [6, 6.07) is 35.5. The van der Waals surface area contributed by atoms with Crippen LogP contribution in [0, 0.1) is 23.7 Å². The van der Waals surface area contributed by atoms with E-state index in [1.54, 1.807) is 11.8 Å². The minimum atomic E-state index is -0.838. The zero-order valence-corrected chi connectivity index (χ0v) is 40.0. The van der Waals surface area contributed by atoms with Gasteiger partial charge in [-0.05, 0) is 78.8 Å². The Morgan fingerprint density at radius 3 is 1.48 bits per heavy atom. The van der Waals surface area contributed by atoms with Crippen molar-refractivity contribution in [3.05, 3.63) is 120 Å². The lowest BCUT2D eigenvalue weighted by Gasteiger charge is -2.30. The van der Waals surface area contributed by atoms with E-state index < -0.39 is 18.0 Å². The summed E-state index contributed by atoms with van der Waals surface area (Å²) in [6.07, 6.45) is 15.5. The molecule has 2 heterocycles. The molecular formula is C55H76N4O7. The minimum absolute atomic E-state index is 0.0109. The van der Waals surface area contributed by atoms with Crippen molar-refractivity contribution >= 4 is 34.7 Å². The van der Waals surface area contributed by atoms with E-state index in [4.69, 9.17) is 20.3 Å². The van der Waals surface area contributed by atoms with E-state index in [-0.39, 0.29) is 55.4 Å². The summed E-state index contributed by atoms with van der Waals surface area (Å²) in [6.45, 7) is 9.91. The first kappa shape index (κ1) is 51.7. The number of nitrogens with zero attached hydrogens (tertiary/aromatic N) is 2. The van der Waals surface area contributed by atoms with Gasteiger partial charge in [-0.2, -0.15) is 0 Å². The van der Waals surface area contributed by atoms with Gasteiger partial charge in [0.15, 0.2) is 0 Å². The van der Waals surface area contributed by atoms with Crippen LogP contribution in [0.3, 0.4) is 0 Å². The Balaban J connectivity index is 0.000000168. The predicted molar refractivity (Wildman–Crippen MR) is 263 cm³/mol. The second kappa shape index (κ2) is 27.4. The van der Waals surface area contributed by atoms with E-state index in [1.165, 1.54) is 85.4 Å². The van der Waals surface area contributed by atoms with Crippen molar-refractivity contribution in [3.8, 4) is 0 Å². The van der Waals surface area contributed by atoms with Gasteiger partial charge in [-0.3, -0.25) is 9.59 Å². The molecule has 0 radical (unpaired) electrons. The second-order valence-electron chi connectivity index (χ2n) is 18.6. The van der Waals surface area contributed by atoms with Crippen LogP contribution in [0.4, 0.5) is 9.59 Å². The topological polar surface area (TPSA) is 152 Å². The summed E-state index contributed by atoms with van der Waals surface area (Å²) in [5.41, 5.74) is 8.99. The highest BCUT2D eigenvalue weighted by Crippen LogP contribution is 2.29. The summed E-state index contributed by atoms with van der Waals surface area (Å²) in [7, 11) is 0. The van der Waals surface area contributed by atoms with Crippen LogP contribution in [-0.2, 0) is 32.3 Å². The minimum Gasteiger partial charge on any atom is -0.481 e. The number of hydrogen-bond donors (Lipinski definition) is 3. The lowest BCUT2D eigenvalue weighted by Crippen LogP contribution is -2.40. The van der Waals surface area contributed by atoms with Crippen molar-refractivity contribution in [1.29, 1.82) is 0 Å². The maximum atomic E-state index is 12.0. The molecule has 4 aromatic carbocycles. The van der Waals surface area contributed by atoms with Gasteiger partial charge in [0, 0.05) is 50.2 Å². The number of rotatable bonds is 11. The predicted octanol–water partition coefficient (Wildman–Crippen LogP) is 11.3. The fourth-order valence-corrected chi connectivity index (χ4v) is 9.75. The number of fused-ring (bicyclic) bond motifs is 1. The second-order valence-corrected chi connectivity index (χ2v) is 18.6. The van der Waals surface area contributed by atoms with Gasteiger partial charge < -0.3 is 35.4 Å². The Labute approximate surface area is 393 Å². The molecule has 4 N–H and O–H groups in total. The van der Waals surface area contributed by atoms with Gasteiger partial charge in [0.05, 0.1) is 5.92 Å². The van der Waals surface area contributed by atoms with Crippen molar-refractivity contribution in [1.82, 2.24) is 15.1 Å². The molecule has 4 aliphatic rings. The molecule has 8 rings (SSSR count). The quantitative estimate of drug-likeness (QED) is 0.134. The van der Waals surface area contributed by atoms with Gasteiger partial charge >= 0.3 is 18.2 Å². The summed E-state index contributed by atoms with van der Waals surface area (Å²) in [5.74, 6) is -0.924. The van der Waals surface area contributed by atoms with Crippen LogP contribution in [0.5, 0.6) is 0 Å². The number of nitrogens with one attached hydrogen (secondary N) is 1. The van der Waals surface area contributed by atoms with Crippen molar-refractivity contribution < 1.29 is 33.8 Å². The summed E-state index contributed by atoms with van der Waals surface area (Å²) in [5, 5.41) is 15.5. The number of aliphatic carboxylic acids is 1. The van der Waals surface area contributed by atoms with Gasteiger partial charge in [0.2, 0.25) is 0 Å². The first-order chi connectivity index (χ1) is 32.0. The lowest BCUT2D eigenvalue weighted by atomic mass is 9.91. The van der Waals surface area contributed by atoms with Crippen LogP contribution in [-0.4, -0.2) is 77.1 Å². The molecule has 0 unspecified atom stereocenters. The Bertz CT molecular complexity index is 1960. The molecule has 2 saturated heterocycles. The highest BCUT2D eigenvalue weighted by Gasteiger charge is 2.39. The molecule has 2 saturated carbocycles. The molecule has 4 aromatic rings. The van der Waals surface area contributed by atoms with E-state index >= 15 is 0 Å². The van der Waals surface area contributed by atoms with Crippen LogP contribution in [0.2, 0.25) is 0 Å². The number of amides is 2. The van der Waals surface area contributed by atoms with Gasteiger partial charge in [-0.15, -0.1) is 0 Å². The molecule has 4 fully saturated rings. The largest absolute Gasteiger partial charge is 0.481 e. The standard InChI is InChI=1S/C16H21NO3.C15H19NO4.C12H13N.C12H23N/c1-3-14-9-17(10-15(14)12(2)18)16(19)20-11-13-7-5-4-6-8-13;1-2-12-8-16(9-13(12)14(17)18)15(19)20-10-11-6-4-3-5-7-11;1-9(13)11-8-4-6-10-5-2-3-7-12(10)11;1-3-7-11(8-4-1)13-12-9-5-2-6-10-12/h4-8,14-15H,3,9-11H2,1-2H3;3-7,12-13H,2,8-10H2,1H3,(H,17,18);2-9H,13H2,1H3;11-13H,1-10H2/t14-,15-;12-,13+;9-;/m111./s1. The first-order valence-electron chi connectivity index (χ1n) is 24.6. The lowest BCUT2D eigenvalue weighted by molar-refractivity contribution is -0.142. The number of likely N-dealkylation sites (tertiary alicyclic amines) is 2. The van der Waals surface area contributed by atoms with Crippen LogP contribution >= 0.6 is 0 Å². The molecule has 2 amide bonds. The summed E-state index contributed by atoms with van der Waals surface area (Å²) in [4.78, 5) is 49.9. The fraction of sp³-hybridized carbons (Fsp3) is 0.527. The van der Waals surface area contributed by atoms with Gasteiger partial charge in [-0.25, -0.2) is 9.59 Å². The number of benzene rings is 4. The monoisotopic (exact) mass is 905 g/mol. The Morgan fingerprint density at radius 2 is 1.06 bits per heavy atom. The molecule has 5 atom stereocenters. The van der Waals surface area contributed by atoms with Crippen LogP contribution in [0.1, 0.15) is 127 Å². The van der Waals surface area contributed by atoms with Crippen molar-refractivity contribution in [2.75, 3.05) is 26.2 Å². The molecule has 0 spiro atoms. The SMILES string of the molecule is C1CCC(NC2CCCCC2)CC1.CC[C@@H]1CN(C(=O)OCc2ccccc2)C[C@@H]1C(=O)O.CC[C@@H]1CN(C(=O)OCc2ccccc2)C[C@@H]1C(C)=O.C[C@@H](N)c1cccc2ccccc12. The van der Waals surface area contributed by atoms with Crippen molar-refractivity contribution in [3.63, 3.8) is 0 Å². The van der Waals surface area contributed by atoms with E-state index in [0.717, 1.165) is 36.1 Å². The molecule has 66 heavy (non-hydrogen) atoms. The van der Waals surface area contributed by atoms with E-state index in [0.29, 0.717) is 19.6 Å². The third kappa shape index (κ3) is 16.3. The number of carbonyl (C=O) groups is 4. The Morgan fingerprint density at radius 1 is 0.621 bits per heavy atom. The Hall–Kier alpha value is -5.26. The smallest absolute Gasteiger partial charge is 0.410 e. The fourth-order valence-electron chi connectivity index (χ4n) is 9.75. The molecule has 2 aliphatic heterocycles. The maximum Gasteiger partial charge on any atom is 0.410 e. The summed E-state index contributed by atoms with van der Waals surface area (Å²) >= 11 is 0. The Kier molecular flexibility index (Phi) is 21.5. The number of hydrogen-bond acceptors (Lipinski definition) is 8. The van der Waals surface area contributed by atoms with Gasteiger partial charge in [0.1, 0.15) is 19.0 Å². The number of Topliss-reactive ketones (excluding diaryl/α,β-unsaturated/α-hetero) is 1. The number of carbonyl (C=O) groups excluding carboxylic acids is 3. The van der Waals surface area contributed by atoms with E-state index in [1.807, 2.05) is 86.6 Å². The highest BCUT2D eigenvalue weighted by atomic mass is 16.6. The average molecular weight is 905 g/mol. The van der Waals surface area contributed by atoms with E-state index in [2.05, 4.69) is 42.6 Å². The number of carboxylic acids is 1. The maximum absolute atomic E-state index is 12.0. The zero-order valence-electron chi connectivity index (χ0n) is 40.0. The third-order valence-electron chi connectivity index (χ3n) is 13.7. The molecule has 0 bridgehead atoms. The number of ether oxygens (including phenoxy) is 2. The summed E-state index contributed by atoms with van der Waals surface area (Å²) < 4.78 is 10.5. The molecule has 11 heteroatoms. The van der Waals surface area contributed by atoms with Crippen molar-refractivity contribution in [2.45, 2.75) is 136 Å². The van der Waals surface area contributed by atoms with Gasteiger partial charge in [-0.1, -0.05) is 168 Å². The van der Waals surface area contributed by atoms with Crippen LogP contribution in [0.15, 0.2) is 103 Å². The third-order valence-corrected chi connectivity index (χ3v) is 13.7. The van der Waals surface area contributed by atoms with Crippen LogP contribution in [0.25, 0.3) is 10.8 Å². The molecule has 0 aromatic heterocycles. The first-order valence-corrected chi connectivity index (χ1v) is 24.6. The molecular weight excluding hydrogens is 829 g/mol.